The smallest absolute Gasteiger partial charge is 0.125 e. The number of nitrogens with one attached hydrogen (secondary N) is 1. The summed E-state index contributed by atoms with van der Waals surface area (Å²) in [7, 11) is 0. The molecule has 1 atom stereocenters. The molecule has 0 radical (unpaired) electrons. The fourth-order valence-electron chi connectivity index (χ4n) is 2.44. The van der Waals surface area contributed by atoms with Crippen LogP contribution >= 0.6 is 11.8 Å². The molecule has 0 aromatic heterocycles. The summed E-state index contributed by atoms with van der Waals surface area (Å²) >= 11 is 1.91. The highest BCUT2D eigenvalue weighted by molar-refractivity contribution is 8.00. The molecule has 0 aliphatic carbocycles. The maximum atomic E-state index is 13.3. The fourth-order valence-corrected chi connectivity index (χ4v) is 3.69. The Bertz CT molecular complexity index is 552. The maximum Gasteiger partial charge on any atom is 0.125 e. The Balaban J connectivity index is 1.62. The summed E-state index contributed by atoms with van der Waals surface area (Å²) in [5, 5.41) is 3.87. The van der Waals surface area contributed by atoms with Crippen LogP contribution in [-0.2, 0) is 6.42 Å². The topological polar surface area (TPSA) is 12.0 Å². The molecular formula is C16H16FNS. The van der Waals surface area contributed by atoms with E-state index in [4.69, 9.17) is 0 Å². The second kappa shape index (κ2) is 5.25. The van der Waals surface area contributed by atoms with Gasteiger partial charge < -0.3 is 5.32 Å². The highest BCUT2D eigenvalue weighted by atomic mass is 32.2. The first kappa shape index (κ1) is 12.5. The summed E-state index contributed by atoms with van der Waals surface area (Å²) in [6, 6.07) is 13.6. The number of halogens is 1. The van der Waals surface area contributed by atoms with Gasteiger partial charge in [-0.05, 0) is 48.7 Å². The number of hydrogen-bond donors (Lipinski definition) is 1. The zero-order chi connectivity index (χ0) is 13.2. The highest BCUT2D eigenvalue weighted by Gasteiger charge is 2.21. The van der Waals surface area contributed by atoms with Gasteiger partial charge in [-0.1, -0.05) is 18.2 Å². The van der Waals surface area contributed by atoms with Crippen LogP contribution in [0.15, 0.2) is 47.4 Å². The van der Waals surface area contributed by atoms with Gasteiger partial charge in [0.1, 0.15) is 5.82 Å². The molecule has 0 saturated carbocycles. The molecule has 0 bridgehead atoms. The lowest BCUT2D eigenvalue weighted by Gasteiger charge is -2.12. The molecular weight excluding hydrogens is 257 g/mol. The van der Waals surface area contributed by atoms with Gasteiger partial charge in [0.05, 0.1) is 0 Å². The largest absolute Gasteiger partial charge is 0.384 e. The molecule has 0 saturated heterocycles. The third-order valence-corrected chi connectivity index (χ3v) is 4.61. The predicted octanol–water partition coefficient (Wildman–Crippen LogP) is 4.26. The van der Waals surface area contributed by atoms with Crippen LogP contribution in [0.1, 0.15) is 11.1 Å². The summed E-state index contributed by atoms with van der Waals surface area (Å²) in [4.78, 5) is 1.38. The van der Waals surface area contributed by atoms with Crippen LogP contribution in [0.3, 0.4) is 0 Å². The van der Waals surface area contributed by atoms with Crippen molar-refractivity contribution in [3.63, 3.8) is 0 Å². The number of benzene rings is 2. The second-order valence-electron chi connectivity index (χ2n) is 4.95. The van der Waals surface area contributed by atoms with Crippen molar-refractivity contribution < 1.29 is 4.39 Å². The average Bonchev–Trinajstić information content (AvgIpc) is 2.78. The maximum absolute atomic E-state index is 13.3. The van der Waals surface area contributed by atoms with E-state index in [9.17, 15) is 4.39 Å². The van der Waals surface area contributed by atoms with E-state index < -0.39 is 0 Å². The van der Waals surface area contributed by atoms with Crippen LogP contribution in [0.2, 0.25) is 0 Å². The highest BCUT2D eigenvalue weighted by Crippen LogP contribution is 2.36. The van der Waals surface area contributed by atoms with Gasteiger partial charge in [-0.25, -0.2) is 4.39 Å². The molecule has 1 N–H and O–H groups in total. The van der Waals surface area contributed by atoms with Gasteiger partial charge in [-0.3, -0.25) is 0 Å². The van der Waals surface area contributed by atoms with Crippen molar-refractivity contribution >= 4 is 17.4 Å². The molecule has 2 aromatic rings. The Labute approximate surface area is 117 Å². The minimum Gasteiger partial charge on any atom is -0.384 e. The van der Waals surface area contributed by atoms with Crippen LogP contribution < -0.4 is 5.32 Å². The summed E-state index contributed by atoms with van der Waals surface area (Å²) in [6.45, 7) is 2.77. The van der Waals surface area contributed by atoms with Gasteiger partial charge >= 0.3 is 0 Å². The number of anilines is 1. The lowest BCUT2D eigenvalue weighted by Crippen LogP contribution is -2.15. The van der Waals surface area contributed by atoms with E-state index in [2.05, 4.69) is 29.6 Å². The van der Waals surface area contributed by atoms with Gasteiger partial charge in [0.2, 0.25) is 0 Å². The van der Waals surface area contributed by atoms with E-state index in [-0.39, 0.29) is 5.82 Å². The SMILES string of the molecule is Cc1cc(F)cc(NCC2Cc3ccccc3S2)c1. The number of hydrogen-bond acceptors (Lipinski definition) is 2. The van der Waals surface area contributed by atoms with Crippen molar-refractivity contribution in [1.29, 1.82) is 0 Å². The van der Waals surface area contributed by atoms with Crippen molar-refractivity contribution in [3.05, 3.63) is 59.4 Å². The molecule has 1 nitrogen and oxygen atoms in total. The molecule has 1 unspecified atom stereocenters. The van der Waals surface area contributed by atoms with Crippen molar-refractivity contribution in [2.24, 2.45) is 0 Å². The average molecular weight is 273 g/mol. The Morgan fingerprint density at radius 3 is 2.89 bits per heavy atom. The molecule has 2 aromatic carbocycles. The minimum absolute atomic E-state index is 0.176. The molecule has 0 amide bonds. The number of fused-ring (bicyclic) bond motifs is 1. The van der Waals surface area contributed by atoms with Crippen LogP contribution in [0.25, 0.3) is 0 Å². The Morgan fingerprint density at radius 2 is 2.11 bits per heavy atom. The van der Waals surface area contributed by atoms with E-state index in [1.807, 2.05) is 24.8 Å². The first-order valence-electron chi connectivity index (χ1n) is 6.46. The Hall–Kier alpha value is -1.48. The van der Waals surface area contributed by atoms with Crippen LogP contribution in [0.5, 0.6) is 0 Å². The molecule has 0 spiro atoms. The molecule has 1 heterocycles. The molecule has 0 fully saturated rings. The molecule has 1 aliphatic heterocycles. The van der Waals surface area contributed by atoms with Crippen molar-refractivity contribution in [2.75, 3.05) is 11.9 Å². The number of thioether (sulfide) groups is 1. The minimum atomic E-state index is -0.176. The summed E-state index contributed by atoms with van der Waals surface area (Å²) in [5.74, 6) is -0.176. The normalized spacial score (nSPS) is 17.3. The summed E-state index contributed by atoms with van der Waals surface area (Å²) < 4.78 is 13.3. The van der Waals surface area contributed by atoms with E-state index in [1.165, 1.54) is 10.5 Å². The lowest BCUT2D eigenvalue weighted by molar-refractivity contribution is 0.627. The third-order valence-electron chi connectivity index (χ3n) is 3.29. The van der Waals surface area contributed by atoms with Gasteiger partial charge in [0.25, 0.3) is 0 Å². The number of rotatable bonds is 3. The second-order valence-corrected chi connectivity index (χ2v) is 6.29. The van der Waals surface area contributed by atoms with Gasteiger partial charge in [-0.2, -0.15) is 0 Å². The van der Waals surface area contributed by atoms with Crippen molar-refractivity contribution in [3.8, 4) is 0 Å². The first-order chi connectivity index (χ1) is 9.20. The fraction of sp³-hybridized carbons (Fsp3) is 0.250. The first-order valence-corrected chi connectivity index (χ1v) is 7.34. The third kappa shape index (κ3) is 2.92. The molecule has 19 heavy (non-hydrogen) atoms. The van der Waals surface area contributed by atoms with Gasteiger partial charge in [0, 0.05) is 22.4 Å². The van der Waals surface area contributed by atoms with Gasteiger partial charge in [0.15, 0.2) is 0 Å². The van der Waals surface area contributed by atoms with E-state index in [0.29, 0.717) is 5.25 Å². The summed E-state index contributed by atoms with van der Waals surface area (Å²) in [5.41, 5.74) is 3.24. The zero-order valence-corrected chi connectivity index (χ0v) is 11.6. The quantitative estimate of drug-likeness (QED) is 0.896. The van der Waals surface area contributed by atoms with Crippen LogP contribution in [0, 0.1) is 12.7 Å². The Kier molecular flexibility index (Phi) is 3.47. The lowest BCUT2D eigenvalue weighted by atomic mass is 10.1. The van der Waals surface area contributed by atoms with Crippen molar-refractivity contribution in [2.45, 2.75) is 23.5 Å². The zero-order valence-electron chi connectivity index (χ0n) is 10.8. The summed E-state index contributed by atoms with van der Waals surface area (Å²) in [6.07, 6.45) is 1.09. The van der Waals surface area contributed by atoms with Crippen molar-refractivity contribution in [1.82, 2.24) is 0 Å². The van der Waals surface area contributed by atoms with Crippen LogP contribution in [-0.4, -0.2) is 11.8 Å². The number of aryl methyl sites for hydroxylation is 1. The standard InChI is InChI=1S/C16H16FNS/c1-11-6-13(17)9-14(7-11)18-10-15-8-12-4-2-3-5-16(12)19-15/h2-7,9,15,18H,8,10H2,1H3. The van der Waals surface area contributed by atoms with E-state index in [1.54, 1.807) is 12.1 Å². The molecule has 98 valence electrons. The Morgan fingerprint density at radius 1 is 1.26 bits per heavy atom. The van der Waals surface area contributed by atoms with Crippen LogP contribution in [0.4, 0.5) is 10.1 Å². The molecule has 3 heteroatoms. The van der Waals surface area contributed by atoms with E-state index in [0.717, 1.165) is 24.2 Å². The monoisotopic (exact) mass is 273 g/mol. The van der Waals surface area contributed by atoms with Gasteiger partial charge in [-0.15, -0.1) is 11.8 Å². The predicted molar refractivity (Wildman–Crippen MR) is 79.4 cm³/mol. The van der Waals surface area contributed by atoms with E-state index >= 15 is 0 Å². The molecule has 3 rings (SSSR count). The molecule has 1 aliphatic rings.